The van der Waals surface area contributed by atoms with Gasteiger partial charge in [-0.25, -0.2) is 0 Å². The predicted octanol–water partition coefficient (Wildman–Crippen LogP) is 1.65. The topological polar surface area (TPSA) is 87.7 Å². The number of rotatable bonds is 7. The maximum Gasteiger partial charge on any atom is 0.253 e. The Hall–Kier alpha value is -2.41. The fourth-order valence-corrected chi connectivity index (χ4v) is 3.03. The zero-order valence-electron chi connectivity index (χ0n) is 15.7. The number of amides is 3. The summed E-state index contributed by atoms with van der Waals surface area (Å²) in [5.41, 5.74) is 0.856. The Morgan fingerprint density at radius 2 is 1.96 bits per heavy atom. The molecule has 0 aromatic heterocycles. The zero-order chi connectivity index (χ0) is 19.3. The maximum absolute atomic E-state index is 12.6. The molecule has 0 spiro atoms. The molecule has 1 aromatic rings. The zero-order valence-corrected chi connectivity index (χ0v) is 15.7. The SMILES string of the molecule is COC[C@H](C)N1C[C@@H](C(=O)Nc2ccccc2C(=O)NC(C)C)CC1=O. The van der Waals surface area contributed by atoms with E-state index in [0.717, 1.165) is 0 Å². The summed E-state index contributed by atoms with van der Waals surface area (Å²) in [6.07, 6.45) is 0.167. The van der Waals surface area contributed by atoms with Gasteiger partial charge in [-0.05, 0) is 32.9 Å². The molecule has 7 heteroatoms. The van der Waals surface area contributed by atoms with Crippen molar-refractivity contribution < 1.29 is 19.1 Å². The molecule has 0 saturated carbocycles. The number of carbonyl (C=O) groups is 3. The number of likely N-dealkylation sites (tertiary alicyclic amines) is 1. The van der Waals surface area contributed by atoms with Crippen molar-refractivity contribution in [2.75, 3.05) is 25.6 Å². The van der Waals surface area contributed by atoms with Crippen molar-refractivity contribution in [2.45, 2.75) is 39.3 Å². The second-order valence-electron chi connectivity index (χ2n) is 6.91. The van der Waals surface area contributed by atoms with Crippen molar-refractivity contribution in [3.05, 3.63) is 29.8 Å². The van der Waals surface area contributed by atoms with Gasteiger partial charge in [-0.15, -0.1) is 0 Å². The third-order valence-electron chi connectivity index (χ3n) is 4.32. The number of nitrogens with one attached hydrogen (secondary N) is 2. The van der Waals surface area contributed by atoms with Crippen LogP contribution >= 0.6 is 0 Å². The van der Waals surface area contributed by atoms with Crippen LogP contribution in [0.1, 0.15) is 37.6 Å². The highest BCUT2D eigenvalue weighted by molar-refractivity contribution is 6.05. The predicted molar refractivity (Wildman–Crippen MR) is 98.8 cm³/mol. The van der Waals surface area contributed by atoms with Crippen molar-refractivity contribution in [1.29, 1.82) is 0 Å². The number of hydrogen-bond donors (Lipinski definition) is 2. The summed E-state index contributed by atoms with van der Waals surface area (Å²) in [6, 6.07) is 6.78. The summed E-state index contributed by atoms with van der Waals surface area (Å²) in [7, 11) is 1.58. The third-order valence-corrected chi connectivity index (χ3v) is 4.32. The first-order valence-electron chi connectivity index (χ1n) is 8.82. The van der Waals surface area contributed by atoms with Gasteiger partial charge in [0, 0.05) is 26.1 Å². The molecular formula is C19H27N3O4. The summed E-state index contributed by atoms with van der Waals surface area (Å²) in [5.74, 6) is -0.993. The average molecular weight is 361 g/mol. The van der Waals surface area contributed by atoms with Gasteiger partial charge >= 0.3 is 0 Å². The number of hydrogen-bond acceptors (Lipinski definition) is 4. The quantitative estimate of drug-likeness (QED) is 0.773. The summed E-state index contributed by atoms with van der Waals surface area (Å²) >= 11 is 0. The van der Waals surface area contributed by atoms with E-state index in [0.29, 0.717) is 24.4 Å². The van der Waals surface area contributed by atoms with Gasteiger partial charge in [-0.2, -0.15) is 0 Å². The van der Waals surface area contributed by atoms with Crippen LogP contribution in [0.2, 0.25) is 0 Å². The smallest absolute Gasteiger partial charge is 0.253 e. The number of methoxy groups -OCH3 is 1. The largest absolute Gasteiger partial charge is 0.383 e. The van der Waals surface area contributed by atoms with Crippen LogP contribution in [0.3, 0.4) is 0 Å². The van der Waals surface area contributed by atoms with E-state index in [1.54, 1.807) is 36.3 Å². The van der Waals surface area contributed by atoms with Gasteiger partial charge in [0.15, 0.2) is 0 Å². The molecule has 1 aliphatic rings. The second kappa shape index (κ2) is 8.80. The highest BCUT2D eigenvalue weighted by atomic mass is 16.5. The molecule has 0 aliphatic carbocycles. The molecule has 1 saturated heterocycles. The highest BCUT2D eigenvalue weighted by Crippen LogP contribution is 2.23. The van der Waals surface area contributed by atoms with Gasteiger partial charge in [0.25, 0.3) is 5.91 Å². The molecule has 1 fully saturated rings. The number of para-hydroxylation sites is 1. The van der Waals surface area contributed by atoms with E-state index in [1.807, 2.05) is 20.8 Å². The first-order chi connectivity index (χ1) is 12.3. The first-order valence-corrected chi connectivity index (χ1v) is 8.82. The molecule has 0 radical (unpaired) electrons. The molecule has 142 valence electrons. The Balaban J connectivity index is 2.07. The monoisotopic (exact) mass is 361 g/mol. The number of nitrogens with zero attached hydrogens (tertiary/aromatic N) is 1. The van der Waals surface area contributed by atoms with Gasteiger partial charge in [-0.1, -0.05) is 12.1 Å². The molecule has 0 unspecified atom stereocenters. The summed E-state index contributed by atoms with van der Waals surface area (Å²) < 4.78 is 5.09. The van der Waals surface area contributed by atoms with Gasteiger partial charge in [0.1, 0.15) is 0 Å². The number of anilines is 1. The van der Waals surface area contributed by atoms with Gasteiger partial charge in [-0.3, -0.25) is 14.4 Å². The first kappa shape index (κ1) is 19.9. The van der Waals surface area contributed by atoms with E-state index in [2.05, 4.69) is 10.6 Å². The van der Waals surface area contributed by atoms with Crippen LogP contribution in [-0.2, 0) is 14.3 Å². The van der Waals surface area contributed by atoms with Crippen molar-refractivity contribution in [3.63, 3.8) is 0 Å². The Kier molecular flexibility index (Phi) is 6.74. The highest BCUT2D eigenvalue weighted by Gasteiger charge is 2.36. The van der Waals surface area contributed by atoms with Gasteiger partial charge in [0.2, 0.25) is 11.8 Å². The molecule has 1 aliphatic heterocycles. The number of ether oxygens (including phenoxy) is 1. The molecule has 2 rings (SSSR count). The van der Waals surface area contributed by atoms with E-state index >= 15 is 0 Å². The fraction of sp³-hybridized carbons (Fsp3) is 0.526. The Labute approximate surface area is 154 Å². The summed E-state index contributed by atoms with van der Waals surface area (Å²) in [5, 5.41) is 5.63. The Morgan fingerprint density at radius 1 is 1.27 bits per heavy atom. The average Bonchev–Trinajstić information content (AvgIpc) is 2.97. The van der Waals surface area contributed by atoms with Crippen molar-refractivity contribution in [2.24, 2.45) is 5.92 Å². The summed E-state index contributed by atoms with van der Waals surface area (Å²) in [4.78, 5) is 38.8. The second-order valence-corrected chi connectivity index (χ2v) is 6.91. The van der Waals surface area contributed by atoms with E-state index < -0.39 is 5.92 Å². The lowest BCUT2D eigenvalue weighted by molar-refractivity contribution is -0.130. The molecular weight excluding hydrogens is 334 g/mol. The fourth-order valence-electron chi connectivity index (χ4n) is 3.03. The van der Waals surface area contributed by atoms with Crippen LogP contribution in [-0.4, -0.2) is 55.0 Å². The molecule has 26 heavy (non-hydrogen) atoms. The number of carbonyl (C=O) groups excluding carboxylic acids is 3. The van der Waals surface area contributed by atoms with E-state index in [1.165, 1.54) is 0 Å². The molecule has 2 N–H and O–H groups in total. The minimum atomic E-state index is -0.442. The van der Waals surface area contributed by atoms with Crippen LogP contribution < -0.4 is 10.6 Å². The lowest BCUT2D eigenvalue weighted by atomic mass is 10.1. The van der Waals surface area contributed by atoms with E-state index in [9.17, 15) is 14.4 Å². The van der Waals surface area contributed by atoms with Crippen LogP contribution in [0.25, 0.3) is 0 Å². The van der Waals surface area contributed by atoms with Crippen LogP contribution in [0, 0.1) is 5.92 Å². The standard InChI is InChI=1S/C19H27N3O4/c1-12(2)20-19(25)15-7-5-6-8-16(15)21-18(24)14-9-17(23)22(10-14)13(3)11-26-4/h5-8,12-14H,9-11H2,1-4H3,(H,20,25)(H,21,24)/t13-,14-/m0/s1. The van der Waals surface area contributed by atoms with Crippen LogP contribution in [0.4, 0.5) is 5.69 Å². The Bertz CT molecular complexity index is 675. The van der Waals surface area contributed by atoms with E-state index in [-0.39, 0.29) is 36.2 Å². The summed E-state index contributed by atoms with van der Waals surface area (Å²) in [6.45, 7) is 6.43. The van der Waals surface area contributed by atoms with Gasteiger partial charge < -0.3 is 20.3 Å². The van der Waals surface area contributed by atoms with E-state index in [4.69, 9.17) is 4.74 Å². The molecule has 1 heterocycles. The lowest BCUT2D eigenvalue weighted by Crippen LogP contribution is -2.38. The number of benzene rings is 1. The molecule has 1 aromatic carbocycles. The Morgan fingerprint density at radius 3 is 2.62 bits per heavy atom. The minimum Gasteiger partial charge on any atom is -0.383 e. The maximum atomic E-state index is 12.6. The molecule has 0 bridgehead atoms. The van der Waals surface area contributed by atoms with Crippen LogP contribution in [0.15, 0.2) is 24.3 Å². The normalized spacial score (nSPS) is 18.1. The molecule has 7 nitrogen and oxygen atoms in total. The molecule has 2 atom stereocenters. The van der Waals surface area contributed by atoms with Crippen molar-refractivity contribution >= 4 is 23.4 Å². The molecule has 3 amide bonds. The van der Waals surface area contributed by atoms with Gasteiger partial charge in [0.05, 0.1) is 29.8 Å². The van der Waals surface area contributed by atoms with Crippen LogP contribution in [0.5, 0.6) is 0 Å². The lowest BCUT2D eigenvalue weighted by Gasteiger charge is -2.24. The minimum absolute atomic E-state index is 0.00505. The van der Waals surface area contributed by atoms with Crippen molar-refractivity contribution in [1.82, 2.24) is 10.2 Å². The third kappa shape index (κ3) is 4.82. The van der Waals surface area contributed by atoms with Crippen molar-refractivity contribution in [3.8, 4) is 0 Å².